The minimum atomic E-state index is 0.583. The molecule has 2 rings (SSSR count). The highest BCUT2D eigenvalue weighted by Gasteiger charge is 2.27. The molecule has 6 nitrogen and oxygen atoms in total. The van der Waals surface area contributed by atoms with Crippen LogP contribution in [0.15, 0.2) is 0 Å². The molecule has 1 aromatic rings. The van der Waals surface area contributed by atoms with Crippen LogP contribution in [-0.4, -0.2) is 62.2 Å². The molecule has 0 spiro atoms. The molecule has 1 N–H and O–H groups in total. The van der Waals surface area contributed by atoms with Gasteiger partial charge in [-0.05, 0) is 39.3 Å². The summed E-state index contributed by atoms with van der Waals surface area (Å²) in [5.74, 6) is 0.583. The fraction of sp³-hybridized carbons (Fsp3) is 0.857. The molecular formula is C21H40N4O2. The Hall–Kier alpha value is -0.950. The first kappa shape index (κ1) is 22.3. The van der Waals surface area contributed by atoms with Crippen LogP contribution >= 0.6 is 0 Å². The zero-order valence-corrected chi connectivity index (χ0v) is 17.9. The highest BCUT2D eigenvalue weighted by atomic mass is 16.5. The molecule has 1 atom stereocenters. The highest BCUT2D eigenvalue weighted by Crippen LogP contribution is 2.34. The maximum atomic E-state index is 5.81. The van der Waals surface area contributed by atoms with Gasteiger partial charge in [0.1, 0.15) is 0 Å². The molecule has 2 heterocycles. The lowest BCUT2D eigenvalue weighted by Crippen LogP contribution is -2.27. The van der Waals surface area contributed by atoms with Crippen molar-refractivity contribution in [3.8, 4) is 0 Å². The molecule has 1 aliphatic heterocycles. The Balaban J connectivity index is 2.20. The largest absolute Gasteiger partial charge is 0.385 e. The monoisotopic (exact) mass is 380 g/mol. The fourth-order valence-corrected chi connectivity index (χ4v) is 3.97. The maximum Gasteiger partial charge on any atom is 0.0888 e. The van der Waals surface area contributed by atoms with Crippen molar-refractivity contribution >= 4 is 0 Å². The van der Waals surface area contributed by atoms with Crippen molar-refractivity contribution in [2.45, 2.75) is 71.1 Å². The third-order valence-electron chi connectivity index (χ3n) is 5.49. The summed E-state index contributed by atoms with van der Waals surface area (Å²) in [5.41, 5.74) is 4.07. The van der Waals surface area contributed by atoms with E-state index < -0.39 is 0 Å². The molecule has 1 aromatic heterocycles. The second-order valence-corrected chi connectivity index (χ2v) is 7.75. The van der Waals surface area contributed by atoms with Crippen molar-refractivity contribution in [3.05, 3.63) is 17.0 Å². The molecule has 0 fully saturated rings. The SMILES string of the molecule is CCCC[C@@H](CCCCOC)c1c(CN(C)CCNC)nn2c1COCC2. The van der Waals surface area contributed by atoms with Crippen LogP contribution in [-0.2, 0) is 29.2 Å². The highest BCUT2D eigenvalue weighted by molar-refractivity contribution is 5.31. The number of ether oxygens (including phenoxy) is 2. The van der Waals surface area contributed by atoms with Crippen LogP contribution in [0, 0.1) is 0 Å². The summed E-state index contributed by atoms with van der Waals surface area (Å²) >= 11 is 0. The normalized spacial score (nSPS) is 15.3. The fourth-order valence-electron chi connectivity index (χ4n) is 3.97. The number of aromatic nitrogens is 2. The van der Waals surface area contributed by atoms with Crippen molar-refractivity contribution in [3.63, 3.8) is 0 Å². The van der Waals surface area contributed by atoms with Gasteiger partial charge in [0, 0.05) is 38.9 Å². The number of nitrogens with one attached hydrogen (secondary N) is 1. The van der Waals surface area contributed by atoms with E-state index in [2.05, 4.69) is 28.9 Å². The number of methoxy groups -OCH3 is 1. The van der Waals surface area contributed by atoms with Crippen LogP contribution in [0.25, 0.3) is 0 Å². The average Bonchev–Trinajstić information content (AvgIpc) is 3.03. The molecule has 0 radical (unpaired) electrons. The second kappa shape index (κ2) is 12.5. The van der Waals surface area contributed by atoms with Gasteiger partial charge in [-0.15, -0.1) is 0 Å². The zero-order chi connectivity index (χ0) is 19.5. The van der Waals surface area contributed by atoms with E-state index in [1.807, 2.05) is 7.05 Å². The van der Waals surface area contributed by atoms with Gasteiger partial charge >= 0.3 is 0 Å². The lowest BCUT2D eigenvalue weighted by Gasteiger charge is -2.23. The second-order valence-electron chi connectivity index (χ2n) is 7.75. The van der Waals surface area contributed by atoms with Gasteiger partial charge in [-0.3, -0.25) is 9.58 Å². The number of likely N-dealkylation sites (N-methyl/N-ethyl adjacent to an activating group) is 2. The van der Waals surface area contributed by atoms with E-state index >= 15 is 0 Å². The van der Waals surface area contributed by atoms with Crippen molar-refractivity contribution in [1.82, 2.24) is 20.0 Å². The van der Waals surface area contributed by atoms with E-state index in [-0.39, 0.29) is 0 Å². The van der Waals surface area contributed by atoms with E-state index in [1.54, 1.807) is 7.11 Å². The molecule has 27 heavy (non-hydrogen) atoms. The summed E-state index contributed by atoms with van der Waals surface area (Å²) in [6.07, 6.45) is 7.32. The molecule has 0 unspecified atom stereocenters. The van der Waals surface area contributed by atoms with Crippen molar-refractivity contribution in [2.24, 2.45) is 0 Å². The minimum Gasteiger partial charge on any atom is -0.385 e. The summed E-state index contributed by atoms with van der Waals surface area (Å²) in [7, 11) is 5.99. The minimum absolute atomic E-state index is 0.583. The Morgan fingerprint density at radius 1 is 1.30 bits per heavy atom. The van der Waals surface area contributed by atoms with Crippen molar-refractivity contribution in [1.29, 1.82) is 0 Å². The van der Waals surface area contributed by atoms with Gasteiger partial charge in [-0.1, -0.05) is 26.2 Å². The predicted octanol–water partition coefficient (Wildman–Crippen LogP) is 3.16. The molecule has 0 saturated carbocycles. The Kier molecular flexibility index (Phi) is 10.3. The van der Waals surface area contributed by atoms with Crippen LogP contribution in [0.4, 0.5) is 0 Å². The first-order valence-electron chi connectivity index (χ1n) is 10.7. The maximum absolute atomic E-state index is 5.81. The number of unbranched alkanes of at least 4 members (excludes halogenated alkanes) is 2. The summed E-state index contributed by atoms with van der Waals surface area (Å²) in [5, 5.41) is 8.26. The summed E-state index contributed by atoms with van der Waals surface area (Å²) < 4.78 is 13.3. The third-order valence-corrected chi connectivity index (χ3v) is 5.49. The summed E-state index contributed by atoms with van der Waals surface area (Å²) in [6.45, 7) is 8.45. The first-order valence-corrected chi connectivity index (χ1v) is 10.7. The first-order chi connectivity index (χ1) is 13.2. The van der Waals surface area contributed by atoms with E-state index in [0.717, 1.165) is 45.8 Å². The van der Waals surface area contributed by atoms with Gasteiger partial charge in [-0.2, -0.15) is 5.10 Å². The van der Waals surface area contributed by atoms with Gasteiger partial charge in [0.2, 0.25) is 0 Å². The number of hydrogen-bond acceptors (Lipinski definition) is 5. The number of rotatable bonds is 14. The van der Waals surface area contributed by atoms with Crippen LogP contribution in [0.3, 0.4) is 0 Å². The Morgan fingerprint density at radius 3 is 2.85 bits per heavy atom. The molecular weight excluding hydrogens is 340 g/mol. The average molecular weight is 381 g/mol. The predicted molar refractivity (Wildman–Crippen MR) is 110 cm³/mol. The molecule has 0 aliphatic carbocycles. The van der Waals surface area contributed by atoms with Gasteiger partial charge in [-0.25, -0.2) is 0 Å². The van der Waals surface area contributed by atoms with Crippen LogP contribution in [0.5, 0.6) is 0 Å². The van der Waals surface area contributed by atoms with Crippen LogP contribution in [0.1, 0.15) is 68.3 Å². The number of fused-ring (bicyclic) bond motifs is 1. The zero-order valence-electron chi connectivity index (χ0n) is 17.9. The molecule has 156 valence electrons. The van der Waals surface area contributed by atoms with Gasteiger partial charge < -0.3 is 14.8 Å². The van der Waals surface area contributed by atoms with Crippen LogP contribution in [0.2, 0.25) is 0 Å². The van der Waals surface area contributed by atoms with Gasteiger partial charge in [0.25, 0.3) is 0 Å². The molecule has 0 aromatic carbocycles. The number of hydrogen-bond donors (Lipinski definition) is 1. The summed E-state index contributed by atoms with van der Waals surface area (Å²) in [6, 6.07) is 0. The Morgan fingerprint density at radius 2 is 2.11 bits per heavy atom. The lowest BCUT2D eigenvalue weighted by atomic mass is 9.87. The molecule has 0 saturated heterocycles. The molecule has 1 aliphatic rings. The Bertz CT molecular complexity index is 532. The van der Waals surface area contributed by atoms with Crippen LogP contribution < -0.4 is 5.32 Å². The van der Waals surface area contributed by atoms with E-state index in [4.69, 9.17) is 14.6 Å². The smallest absolute Gasteiger partial charge is 0.0888 e. The van der Waals surface area contributed by atoms with E-state index in [1.165, 1.54) is 49.1 Å². The summed E-state index contributed by atoms with van der Waals surface area (Å²) in [4.78, 5) is 2.37. The van der Waals surface area contributed by atoms with Gasteiger partial charge in [0.15, 0.2) is 0 Å². The third kappa shape index (κ3) is 6.86. The number of nitrogens with zero attached hydrogens (tertiary/aromatic N) is 3. The quantitative estimate of drug-likeness (QED) is 0.503. The lowest BCUT2D eigenvalue weighted by molar-refractivity contribution is 0.0789. The molecule has 0 bridgehead atoms. The standard InChI is InChI=1S/C21H40N4O2/c1-5-6-9-18(10-7-8-14-26-4)21-19(16-24(3)12-11-22-2)23-25-13-15-27-17-20(21)25/h18,22H,5-17H2,1-4H3/t18-/m0/s1. The molecule has 0 amide bonds. The van der Waals surface area contributed by atoms with E-state index in [9.17, 15) is 0 Å². The van der Waals surface area contributed by atoms with Gasteiger partial charge in [0.05, 0.1) is 31.1 Å². The van der Waals surface area contributed by atoms with Crippen molar-refractivity contribution < 1.29 is 9.47 Å². The topological polar surface area (TPSA) is 51.5 Å². The Labute approximate surface area is 165 Å². The van der Waals surface area contributed by atoms with Crippen molar-refractivity contribution in [2.75, 3.05) is 47.5 Å². The van der Waals surface area contributed by atoms with E-state index in [0.29, 0.717) is 12.5 Å². The molecule has 6 heteroatoms.